The molecular formula is C20H26N2O4. The lowest BCUT2D eigenvalue weighted by atomic mass is 9.79. The van der Waals surface area contributed by atoms with Gasteiger partial charge in [0.15, 0.2) is 0 Å². The van der Waals surface area contributed by atoms with Crippen LogP contribution in [0.1, 0.15) is 41.9 Å². The molecule has 26 heavy (non-hydrogen) atoms. The Labute approximate surface area is 153 Å². The predicted molar refractivity (Wildman–Crippen MR) is 96.7 cm³/mol. The molecule has 1 saturated carbocycles. The van der Waals surface area contributed by atoms with E-state index in [0.717, 1.165) is 22.4 Å². The first-order valence-corrected chi connectivity index (χ1v) is 9.40. The van der Waals surface area contributed by atoms with Gasteiger partial charge in [0, 0.05) is 25.2 Å². The fourth-order valence-corrected chi connectivity index (χ4v) is 4.76. The highest BCUT2D eigenvalue weighted by Gasteiger charge is 2.43. The first-order valence-electron chi connectivity index (χ1n) is 9.40. The SMILES string of the molecule is Cc1ccc2c(c1C)NC(=O)[C@H]2CC(=O)N1C[C@H]2C[C@H](O)[C@H](O)C[C@H]2C1. The quantitative estimate of drug-likeness (QED) is 0.744. The maximum absolute atomic E-state index is 12.8. The van der Waals surface area contributed by atoms with Gasteiger partial charge in [-0.25, -0.2) is 0 Å². The molecule has 1 aromatic rings. The van der Waals surface area contributed by atoms with Crippen molar-refractivity contribution < 1.29 is 19.8 Å². The van der Waals surface area contributed by atoms with Gasteiger partial charge in [-0.2, -0.15) is 0 Å². The van der Waals surface area contributed by atoms with Crippen LogP contribution in [0.5, 0.6) is 0 Å². The number of benzene rings is 1. The summed E-state index contributed by atoms with van der Waals surface area (Å²) in [4.78, 5) is 27.1. The summed E-state index contributed by atoms with van der Waals surface area (Å²) < 4.78 is 0. The van der Waals surface area contributed by atoms with E-state index in [-0.39, 0.29) is 30.1 Å². The molecule has 0 bridgehead atoms. The largest absolute Gasteiger partial charge is 0.390 e. The van der Waals surface area contributed by atoms with Crippen molar-refractivity contribution in [3.05, 3.63) is 28.8 Å². The van der Waals surface area contributed by atoms with E-state index in [2.05, 4.69) is 5.32 Å². The van der Waals surface area contributed by atoms with Crippen LogP contribution in [0, 0.1) is 25.7 Å². The lowest BCUT2D eigenvalue weighted by Crippen LogP contribution is -2.38. The number of carbonyl (C=O) groups excluding carboxylic acids is 2. The number of nitrogens with zero attached hydrogens (tertiary/aromatic N) is 1. The van der Waals surface area contributed by atoms with E-state index >= 15 is 0 Å². The first kappa shape index (κ1) is 17.5. The van der Waals surface area contributed by atoms with Crippen LogP contribution < -0.4 is 5.32 Å². The number of amides is 2. The van der Waals surface area contributed by atoms with Crippen molar-refractivity contribution in [2.75, 3.05) is 18.4 Å². The van der Waals surface area contributed by atoms with Gasteiger partial charge in [-0.1, -0.05) is 12.1 Å². The van der Waals surface area contributed by atoms with Crippen LogP contribution in [0.3, 0.4) is 0 Å². The summed E-state index contributed by atoms with van der Waals surface area (Å²) in [5, 5.41) is 22.7. The summed E-state index contributed by atoms with van der Waals surface area (Å²) in [6.45, 7) is 5.22. The summed E-state index contributed by atoms with van der Waals surface area (Å²) in [6.07, 6.45) is -0.122. The van der Waals surface area contributed by atoms with Crippen LogP contribution in [-0.4, -0.2) is 52.2 Å². The van der Waals surface area contributed by atoms with Gasteiger partial charge in [-0.3, -0.25) is 9.59 Å². The second-order valence-corrected chi connectivity index (χ2v) is 8.14. The van der Waals surface area contributed by atoms with Crippen molar-refractivity contribution in [3.63, 3.8) is 0 Å². The van der Waals surface area contributed by atoms with Crippen molar-refractivity contribution >= 4 is 17.5 Å². The molecule has 1 aliphatic carbocycles. The van der Waals surface area contributed by atoms with Crippen LogP contribution in [0.25, 0.3) is 0 Å². The molecule has 2 heterocycles. The molecule has 0 unspecified atom stereocenters. The fraction of sp³-hybridized carbons (Fsp3) is 0.600. The number of aryl methyl sites for hydroxylation is 1. The highest BCUT2D eigenvalue weighted by atomic mass is 16.3. The van der Waals surface area contributed by atoms with E-state index in [0.29, 0.717) is 25.9 Å². The molecule has 6 nitrogen and oxygen atoms in total. The molecule has 3 aliphatic rings. The number of hydrogen-bond acceptors (Lipinski definition) is 4. The second-order valence-electron chi connectivity index (χ2n) is 8.14. The summed E-state index contributed by atoms with van der Waals surface area (Å²) >= 11 is 0. The van der Waals surface area contributed by atoms with Crippen LogP contribution in [0.15, 0.2) is 12.1 Å². The van der Waals surface area contributed by atoms with E-state index in [1.165, 1.54) is 0 Å². The minimum Gasteiger partial charge on any atom is -0.390 e. The van der Waals surface area contributed by atoms with Crippen molar-refractivity contribution in [2.45, 2.75) is 51.2 Å². The Bertz CT molecular complexity index is 744. The Morgan fingerprint density at radius 2 is 1.77 bits per heavy atom. The standard InChI is InChI=1S/C20H26N2O4/c1-10-3-4-14-15(20(26)21-19(14)11(10)2)7-18(25)22-8-12-5-16(23)17(24)6-13(12)9-22/h3-4,12-13,15-17,23-24H,5-9H2,1-2H3,(H,21,26)/t12-,13+,15-,16+,17-/m0/s1. The van der Waals surface area contributed by atoms with Crippen LogP contribution in [0.2, 0.25) is 0 Å². The zero-order valence-electron chi connectivity index (χ0n) is 15.2. The fourth-order valence-electron chi connectivity index (χ4n) is 4.76. The lowest BCUT2D eigenvalue weighted by Gasteiger charge is -2.31. The number of nitrogens with one attached hydrogen (secondary N) is 1. The maximum atomic E-state index is 12.8. The van der Waals surface area contributed by atoms with Gasteiger partial charge in [-0.15, -0.1) is 0 Å². The zero-order chi connectivity index (χ0) is 18.6. The molecule has 140 valence electrons. The highest BCUT2D eigenvalue weighted by molar-refractivity contribution is 6.05. The van der Waals surface area contributed by atoms with Crippen molar-refractivity contribution in [1.82, 2.24) is 4.90 Å². The van der Waals surface area contributed by atoms with Crippen LogP contribution >= 0.6 is 0 Å². The Balaban J connectivity index is 1.47. The topological polar surface area (TPSA) is 89.9 Å². The van der Waals surface area contributed by atoms with Crippen molar-refractivity contribution in [1.29, 1.82) is 0 Å². The van der Waals surface area contributed by atoms with Gasteiger partial charge >= 0.3 is 0 Å². The monoisotopic (exact) mass is 358 g/mol. The third-order valence-corrected chi connectivity index (χ3v) is 6.55. The third kappa shape index (κ3) is 2.81. The summed E-state index contributed by atoms with van der Waals surface area (Å²) in [5.74, 6) is -0.0754. The van der Waals surface area contributed by atoms with Gasteiger partial charge < -0.3 is 20.4 Å². The van der Waals surface area contributed by atoms with Gasteiger partial charge in [0.25, 0.3) is 0 Å². The molecule has 1 saturated heterocycles. The lowest BCUT2D eigenvalue weighted by molar-refractivity contribution is -0.132. The number of carbonyl (C=O) groups is 2. The molecule has 0 radical (unpaired) electrons. The molecule has 2 fully saturated rings. The molecule has 0 aromatic heterocycles. The minimum atomic E-state index is -0.690. The Kier molecular flexibility index (Phi) is 4.28. The third-order valence-electron chi connectivity index (χ3n) is 6.55. The predicted octanol–water partition coefficient (Wildman–Crippen LogP) is 1.32. The van der Waals surface area contributed by atoms with Gasteiger partial charge in [0.2, 0.25) is 11.8 Å². The molecule has 1 aromatic carbocycles. The van der Waals surface area contributed by atoms with E-state index in [9.17, 15) is 19.8 Å². The molecular weight excluding hydrogens is 332 g/mol. The second kappa shape index (κ2) is 6.35. The molecule has 0 spiro atoms. The average Bonchev–Trinajstić information content (AvgIpc) is 3.13. The molecule has 6 heteroatoms. The number of aliphatic hydroxyl groups is 2. The molecule has 2 aliphatic heterocycles. The molecule has 2 amide bonds. The Hall–Kier alpha value is -1.92. The number of likely N-dealkylation sites (tertiary alicyclic amines) is 1. The van der Waals surface area contributed by atoms with Crippen molar-refractivity contribution in [2.24, 2.45) is 11.8 Å². The number of fused-ring (bicyclic) bond motifs is 2. The van der Waals surface area contributed by atoms with Gasteiger partial charge in [0.05, 0.1) is 18.1 Å². The van der Waals surface area contributed by atoms with Gasteiger partial charge in [-0.05, 0) is 55.2 Å². The molecule has 3 N–H and O–H groups in total. The maximum Gasteiger partial charge on any atom is 0.232 e. The summed E-state index contributed by atoms with van der Waals surface area (Å²) in [6, 6.07) is 3.95. The Morgan fingerprint density at radius 3 is 2.38 bits per heavy atom. The van der Waals surface area contributed by atoms with Crippen LogP contribution in [0.4, 0.5) is 5.69 Å². The van der Waals surface area contributed by atoms with Crippen LogP contribution in [-0.2, 0) is 9.59 Å². The number of anilines is 1. The van der Waals surface area contributed by atoms with E-state index in [1.54, 1.807) is 0 Å². The smallest absolute Gasteiger partial charge is 0.232 e. The summed E-state index contributed by atoms with van der Waals surface area (Å²) in [7, 11) is 0. The molecule has 5 atom stereocenters. The summed E-state index contributed by atoms with van der Waals surface area (Å²) in [5.41, 5.74) is 3.95. The van der Waals surface area contributed by atoms with E-state index in [4.69, 9.17) is 0 Å². The first-order chi connectivity index (χ1) is 12.3. The van der Waals surface area contributed by atoms with E-state index < -0.39 is 18.1 Å². The number of rotatable bonds is 2. The van der Waals surface area contributed by atoms with E-state index in [1.807, 2.05) is 30.9 Å². The van der Waals surface area contributed by atoms with Crippen molar-refractivity contribution in [3.8, 4) is 0 Å². The normalized spacial score (nSPS) is 33.0. The number of hydrogen-bond donors (Lipinski definition) is 3. The Morgan fingerprint density at radius 1 is 1.15 bits per heavy atom. The zero-order valence-corrected chi connectivity index (χ0v) is 15.2. The number of aliphatic hydroxyl groups excluding tert-OH is 2. The minimum absolute atomic E-state index is 0.0189. The van der Waals surface area contributed by atoms with Gasteiger partial charge in [0.1, 0.15) is 0 Å². The molecule has 4 rings (SSSR count). The highest BCUT2D eigenvalue weighted by Crippen LogP contribution is 2.40. The average molecular weight is 358 g/mol.